The smallest absolute Gasteiger partial charge is 0.207 e. The maximum Gasteiger partial charge on any atom is 0.207 e. The molecular formula is C24H21NO3. The average Bonchev–Trinajstić information content (AvgIpc) is 3.19. The van der Waals surface area contributed by atoms with E-state index >= 15 is 0 Å². The molecule has 0 radical (unpaired) electrons. The van der Waals surface area contributed by atoms with Crippen LogP contribution in [0.3, 0.4) is 0 Å². The van der Waals surface area contributed by atoms with Gasteiger partial charge in [0.25, 0.3) is 0 Å². The number of aryl methyl sites for hydroxylation is 1. The van der Waals surface area contributed by atoms with Gasteiger partial charge in [0.1, 0.15) is 5.75 Å². The van der Waals surface area contributed by atoms with Crippen molar-refractivity contribution in [3.05, 3.63) is 101 Å². The maximum atomic E-state index is 13.2. The first kappa shape index (κ1) is 18.0. The molecule has 4 heteroatoms. The Morgan fingerprint density at radius 2 is 1.61 bits per heavy atom. The highest BCUT2D eigenvalue weighted by Gasteiger charge is 2.41. The molecule has 0 N–H and O–H groups in total. The Labute approximate surface area is 164 Å². The molecule has 0 aromatic heterocycles. The van der Waals surface area contributed by atoms with E-state index in [1.165, 1.54) is 5.56 Å². The molecule has 2 atom stereocenters. The van der Waals surface area contributed by atoms with Gasteiger partial charge in [0, 0.05) is 11.1 Å². The minimum absolute atomic E-state index is 0.0950. The van der Waals surface area contributed by atoms with Crippen LogP contribution in [0.15, 0.2) is 84.0 Å². The number of methoxy groups -OCH3 is 1. The second-order valence-corrected chi connectivity index (χ2v) is 6.85. The van der Waals surface area contributed by atoms with E-state index in [4.69, 9.17) is 9.57 Å². The Kier molecular flexibility index (Phi) is 4.94. The quantitative estimate of drug-likeness (QED) is 0.607. The predicted octanol–water partition coefficient (Wildman–Crippen LogP) is 4.77. The van der Waals surface area contributed by atoms with Crippen LogP contribution in [0.25, 0.3) is 0 Å². The molecule has 0 saturated carbocycles. The van der Waals surface area contributed by atoms with Crippen LogP contribution in [0.5, 0.6) is 5.75 Å². The Bertz CT molecular complexity index is 992. The molecule has 0 aliphatic carbocycles. The van der Waals surface area contributed by atoms with Crippen LogP contribution in [0.1, 0.15) is 33.0 Å². The molecule has 28 heavy (non-hydrogen) atoms. The van der Waals surface area contributed by atoms with Gasteiger partial charge in [0.15, 0.2) is 0 Å². The third-order valence-corrected chi connectivity index (χ3v) is 5.00. The lowest BCUT2D eigenvalue weighted by Crippen LogP contribution is -2.30. The standard InChI is InChI=1S/C24H21NO3/c1-16-8-10-18(11-9-16)22-21(17-6-4-3-5-7-17)24(28-25-22)23(26)19-12-14-20(27-2)15-13-19/h3-15,21,24H,1-2H3/t21-,24-/m0/s1. The van der Waals surface area contributed by atoms with Crippen molar-refractivity contribution < 1.29 is 14.4 Å². The van der Waals surface area contributed by atoms with Crippen LogP contribution in [0.2, 0.25) is 0 Å². The number of benzene rings is 3. The summed E-state index contributed by atoms with van der Waals surface area (Å²) in [6, 6.07) is 25.1. The zero-order valence-corrected chi connectivity index (χ0v) is 15.8. The summed E-state index contributed by atoms with van der Waals surface area (Å²) in [7, 11) is 1.60. The lowest BCUT2D eigenvalue weighted by Gasteiger charge is -2.19. The van der Waals surface area contributed by atoms with Crippen molar-refractivity contribution in [1.82, 2.24) is 0 Å². The second-order valence-electron chi connectivity index (χ2n) is 6.85. The van der Waals surface area contributed by atoms with Gasteiger partial charge in [-0.15, -0.1) is 0 Å². The Morgan fingerprint density at radius 1 is 0.929 bits per heavy atom. The van der Waals surface area contributed by atoms with Crippen molar-refractivity contribution >= 4 is 11.5 Å². The first-order valence-corrected chi connectivity index (χ1v) is 9.21. The van der Waals surface area contributed by atoms with Crippen molar-refractivity contribution in [1.29, 1.82) is 0 Å². The Balaban J connectivity index is 1.70. The van der Waals surface area contributed by atoms with Crippen LogP contribution in [-0.2, 0) is 4.84 Å². The number of rotatable bonds is 5. The topological polar surface area (TPSA) is 47.9 Å². The molecule has 0 unspecified atom stereocenters. The molecule has 3 aromatic rings. The largest absolute Gasteiger partial charge is 0.497 e. The molecular weight excluding hydrogens is 350 g/mol. The molecule has 4 rings (SSSR count). The normalized spacial score (nSPS) is 18.3. The van der Waals surface area contributed by atoms with Crippen molar-refractivity contribution in [3.63, 3.8) is 0 Å². The molecule has 1 heterocycles. The molecule has 0 saturated heterocycles. The maximum absolute atomic E-state index is 13.2. The molecule has 4 nitrogen and oxygen atoms in total. The van der Waals surface area contributed by atoms with Crippen LogP contribution >= 0.6 is 0 Å². The van der Waals surface area contributed by atoms with Gasteiger partial charge in [-0.3, -0.25) is 4.79 Å². The molecule has 1 aliphatic rings. The van der Waals surface area contributed by atoms with Crippen molar-refractivity contribution in [2.24, 2.45) is 5.16 Å². The number of nitrogens with zero attached hydrogens (tertiary/aromatic N) is 1. The Morgan fingerprint density at radius 3 is 2.25 bits per heavy atom. The highest BCUT2D eigenvalue weighted by molar-refractivity contribution is 6.12. The molecule has 0 amide bonds. The van der Waals surface area contributed by atoms with Gasteiger partial charge < -0.3 is 9.57 Å². The van der Waals surface area contributed by atoms with Gasteiger partial charge >= 0.3 is 0 Å². The summed E-state index contributed by atoms with van der Waals surface area (Å²) >= 11 is 0. The van der Waals surface area contributed by atoms with E-state index in [-0.39, 0.29) is 11.7 Å². The first-order chi connectivity index (χ1) is 13.7. The van der Waals surface area contributed by atoms with Crippen LogP contribution in [-0.4, -0.2) is 24.7 Å². The number of Topliss-reactive ketones (excluding diaryl/α,β-unsaturated/α-hetero) is 1. The SMILES string of the molecule is COc1ccc(C(=O)[C@H]2ON=C(c3ccc(C)cc3)[C@@H]2c2ccccc2)cc1. The van der Waals surface area contributed by atoms with E-state index in [9.17, 15) is 4.79 Å². The number of hydrogen-bond donors (Lipinski definition) is 0. The number of ether oxygens (including phenoxy) is 1. The zero-order valence-electron chi connectivity index (χ0n) is 15.8. The van der Waals surface area contributed by atoms with Crippen LogP contribution in [0, 0.1) is 6.92 Å². The van der Waals surface area contributed by atoms with E-state index in [1.807, 2.05) is 61.5 Å². The summed E-state index contributed by atoms with van der Waals surface area (Å²) in [5.74, 6) is 0.348. The average molecular weight is 371 g/mol. The van der Waals surface area contributed by atoms with Crippen molar-refractivity contribution in [3.8, 4) is 5.75 Å². The van der Waals surface area contributed by atoms with Crippen molar-refractivity contribution in [2.45, 2.75) is 18.9 Å². The first-order valence-electron chi connectivity index (χ1n) is 9.21. The molecule has 0 bridgehead atoms. The van der Waals surface area contributed by atoms with E-state index in [2.05, 4.69) is 5.16 Å². The summed E-state index contributed by atoms with van der Waals surface area (Å²) in [4.78, 5) is 18.9. The third kappa shape index (κ3) is 3.41. The molecule has 140 valence electrons. The van der Waals surface area contributed by atoms with Gasteiger partial charge in [-0.05, 0) is 36.8 Å². The summed E-state index contributed by atoms with van der Waals surface area (Å²) in [6.45, 7) is 2.04. The lowest BCUT2D eigenvalue weighted by atomic mass is 9.83. The lowest BCUT2D eigenvalue weighted by molar-refractivity contribution is 0.0516. The highest BCUT2D eigenvalue weighted by Crippen LogP contribution is 2.34. The number of ketones is 1. The van der Waals surface area contributed by atoms with Gasteiger partial charge in [0.05, 0.1) is 18.7 Å². The van der Waals surface area contributed by atoms with Gasteiger partial charge in [0.2, 0.25) is 11.9 Å². The fraction of sp³-hybridized carbons (Fsp3) is 0.167. The molecule has 1 aliphatic heterocycles. The third-order valence-electron chi connectivity index (χ3n) is 5.00. The van der Waals surface area contributed by atoms with Crippen LogP contribution < -0.4 is 4.74 Å². The molecule has 3 aromatic carbocycles. The zero-order chi connectivity index (χ0) is 19.5. The number of oxime groups is 1. The summed E-state index contributed by atoms with van der Waals surface area (Å²) in [5, 5.41) is 4.33. The van der Waals surface area contributed by atoms with E-state index < -0.39 is 6.10 Å². The predicted molar refractivity (Wildman–Crippen MR) is 109 cm³/mol. The van der Waals surface area contributed by atoms with Gasteiger partial charge in [-0.25, -0.2) is 0 Å². The van der Waals surface area contributed by atoms with E-state index in [0.717, 1.165) is 16.8 Å². The fourth-order valence-corrected chi connectivity index (χ4v) is 3.44. The fourth-order valence-electron chi connectivity index (χ4n) is 3.44. The monoisotopic (exact) mass is 371 g/mol. The van der Waals surface area contributed by atoms with Crippen LogP contribution in [0.4, 0.5) is 0 Å². The minimum Gasteiger partial charge on any atom is -0.497 e. The number of hydrogen-bond acceptors (Lipinski definition) is 4. The molecule has 0 fully saturated rings. The van der Waals surface area contributed by atoms with Crippen molar-refractivity contribution in [2.75, 3.05) is 7.11 Å². The molecule has 0 spiro atoms. The summed E-state index contributed by atoms with van der Waals surface area (Å²) in [5.41, 5.74) is 4.49. The second kappa shape index (κ2) is 7.69. The number of carbonyl (C=O) groups is 1. The van der Waals surface area contributed by atoms with Gasteiger partial charge in [-0.2, -0.15) is 0 Å². The Hall–Kier alpha value is -3.40. The number of carbonyl (C=O) groups excluding carboxylic acids is 1. The van der Waals surface area contributed by atoms with E-state index in [1.54, 1.807) is 31.4 Å². The van der Waals surface area contributed by atoms with Gasteiger partial charge in [-0.1, -0.05) is 65.3 Å². The summed E-state index contributed by atoms with van der Waals surface area (Å²) in [6.07, 6.45) is -0.702. The summed E-state index contributed by atoms with van der Waals surface area (Å²) < 4.78 is 5.18. The minimum atomic E-state index is -0.702. The highest BCUT2D eigenvalue weighted by atomic mass is 16.6. The van der Waals surface area contributed by atoms with E-state index in [0.29, 0.717) is 11.3 Å².